The number of benzene rings is 1. The van der Waals surface area contributed by atoms with Gasteiger partial charge in [-0.1, -0.05) is 23.8 Å². The minimum atomic E-state index is 0.0145. The summed E-state index contributed by atoms with van der Waals surface area (Å²) in [6.07, 6.45) is 4.80. The molecule has 0 spiro atoms. The van der Waals surface area contributed by atoms with Crippen molar-refractivity contribution in [1.82, 2.24) is 14.9 Å². The molecule has 2 aliphatic rings. The van der Waals surface area contributed by atoms with E-state index in [-0.39, 0.29) is 12.0 Å². The number of aliphatic hydroxyl groups excluding tert-OH is 1. The molecule has 3 heterocycles. The minimum absolute atomic E-state index is 0.0145. The number of aryl methyl sites for hydroxylation is 1. The monoisotopic (exact) mass is 339 g/mol. The number of fused-ring (bicyclic) bond motifs is 1. The first-order valence-electron chi connectivity index (χ1n) is 8.97. The standard InChI is InChI=1S/C20H25N3O2/c1-15-3-2-4-17(7-15)19-21-8-16(9-22-19)10-23-11-18-12-25-6-5-20(18,13-23)14-24/h2-4,7-9,18,24H,5-6,10-14H2,1H3/t18-,20-/m1/s1. The van der Waals surface area contributed by atoms with Crippen LogP contribution in [0.2, 0.25) is 0 Å². The summed E-state index contributed by atoms with van der Waals surface area (Å²) >= 11 is 0. The van der Waals surface area contributed by atoms with Crippen LogP contribution in [0.4, 0.5) is 0 Å². The van der Waals surface area contributed by atoms with Gasteiger partial charge < -0.3 is 9.84 Å². The van der Waals surface area contributed by atoms with Gasteiger partial charge in [-0.25, -0.2) is 9.97 Å². The maximum atomic E-state index is 9.91. The molecule has 0 amide bonds. The first-order chi connectivity index (χ1) is 12.2. The van der Waals surface area contributed by atoms with Crippen LogP contribution < -0.4 is 0 Å². The Bertz CT molecular complexity index is 734. The lowest BCUT2D eigenvalue weighted by atomic mass is 9.75. The first kappa shape index (κ1) is 16.6. The van der Waals surface area contributed by atoms with Crippen molar-refractivity contribution in [2.45, 2.75) is 19.9 Å². The summed E-state index contributed by atoms with van der Waals surface area (Å²) in [5, 5.41) is 9.91. The zero-order chi connectivity index (χ0) is 17.3. The minimum Gasteiger partial charge on any atom is -0.396 e. The van der Waals surface area contributed by atoms with Gasteiger partial charge in [0.1, 0.15) is 0 Å². The Kier molecular flexibility index (Phi) is 4.54. The molecule has 2 aliphatic heterocycles. The van der Waals surface area contributed by atoms with Crippen molar-refractivity contribution >= 4 is 0 Å². The van der Waals surface area contributed by atoms with Crippen LogP contribution in [-0.4, -0.2) is 52.9 Å². The van der Waals surface area contributed by atoms with Gasteiger partial charge in [0.15, 0.2) is 5.82 Å². The molecule has 132 valence electrons. The Balaban J connectivity index is 1.45. The van der Waals surface area contributed by atoms with E-state index in [1.165, 1.54) is 5.56 Å². The van der Waals surface area contributed by atoms with Crippen molar-refractivity contribution in [3.8, 4) is 11.4 Å². The molecule has 0 unspecified atom stereocenters. The zero-order valence-electron chi connectivity index (χ0n) is 14.7. The van der Waals surface area contributed by atoms with E-state index in [4.69, 9.17) is 4.74 Å². The molecule has 0 bridgehead atoms. The number of rotatable bonds is 4. The fourth-order valence-corrected chi connectivity index (χ4v) is 4.16. The third kappa shape index (κ3) is 3.32. The summed E-state index contributed by atoms with van der Waals surface area (Å²) < 4.78 is 5.62. The smallest absolute Gasteiger partial charge is 0.159 e. The molecule has 2 saturated heterocycles. The highest BCUT2D eigenvalue weighted by Gasteiger charge is 2.47. The molecule has 5 heteroatoms. The van der Waals surface area contributed by atoms with Crippen molar-refractivity contribution in [3.05, 3.63) is 47.8 Å². The molecule has 1 aromatic heterocycles. The highest BCUT2D eigenvalue weighted by atomic mass is 16.5. The van der Waals surface area contributed by atoms with E-state index in [9.17, 15) is 5.11 Å². The molecule has 25 heavy (non-hydrogen) atoms. The van der Waals surface area contributed by atoms with Crippen LogP contribution in [0.15, 0.2) is 36.7 Å². The second-order valence-corrected chi connectivity index (χ2v) is 7.50. The van der Waals surface area contributed by atoms with E-state index in [0.717, 1.165) is 56.2 Å². The average molecular weight is 339 g/mol. The maximum Gasteiger partial charge on any atom is 0.159 e. The van der Waals surface area contributed by atoms with Gasteiger partial charge in [0.05, 0.1) is 13.2 Å². The molecule has 0 saturated carbocycles. The Morgan fingerprint density at radius 1 is 1.32 bits per heavy atom. The van der Waals surface area contributed by atoms with Crippen LogP contribution in [0.5, 0.6) is 0 Å². The van der Waals surface area contributed by atoms with E-state index in [1.54, 1.807) is 0 Å². The molecular formula is C20H25N3O2. The highest BCUT2D eigenvalue weighted by molar-refractivity contribution is 5.55. The number of hydrogen-bond donors (Lipinski definition) is 1. The summed E-state index contributed by atoms with van der Waals surface area (Å²) in [6, 6.07) is 8.25. The fourth-order valence-electron chi connectivity index (χ4n) is 4.16. The number of nitrogens with zero attached hydrogens (tertiary/aromatic N) is 3. The molecule has 1 aromatic carbocycles. The Labute approximate surface area is 148 Å². The van der Waals surface area contributed by atoms with Gasteiger partial charge in [-0.05, 0) is 19.4 Å². The van der Waals surface area contributed by atoms with Crippen molar-refractivity contribution in [1.29, 1.82) is 0 Å². The summed E-state index contributed by atoms with van der Waals surface area (Å²) in [5.41, 5.74) is 3.39. The van der Waals surface area contributed by atoms with Gasteiger partial charge in [-0.2, -0.15) is 0 Å². The molecular weight excluding hydrogens is 314 g/mol. The summed E-state index contributed by atoms with van der Waals surface area (Å²) in [6.45, 7) is 6.58. The van der Waals surface area contributed by atoms with E-state index in [2.05, 4.69) is 33.9 Å². The second-order valence-electron chi connectivity index (χ2n) is 7.50. The van der Waals surface area contributed by atoms with E-state index < -0.39 is 0 Å². The third-order valence-electron chi connectivity index (χ3n) is 5.65. The molecule has 2 atom stereocenters. The van der Waals surface area contributed by atoms with Crippen molar-refractivity contribution in [3.63, 3.8) is 0 Å². The predicted octanol–water partition coefficient (Wildman–Crippen LogP) is 2.28. The van der Waals surface area contributed by atoms with Crippen LogP contribution in [-0.2, 0) is 11.3 Å². The van der Waals surface area contributed by atoms with Crippen LogP contribution in [0.3, 0.4) is 0 Å². The first-order valence-corrected chi connectivity index (χ1v) is 8.97. The van der Waals surface area contributed by atoms with E-state index in [0.29, 0.717) is 5.92 Å². The Hall–Kier alpha value is -1.82. The van der Waals surface area contributed by atoms with Crippen LogP contribution >= 0.6 is 0 Å². The second kappa shape index (κ2) is 6.83. The Morgan fingerprint density at radius 3 is 2.88 bits per heavy atom. The molecule has 1 N–H and O–H groups in total. The quantitative estimate of drug-likeness (QED) is 0.926. The van der Waals surface area contributed by atoms with Crippen molar-refractivity contribution < 1.29 is 9.84 Å². The van der Waals surface area contributed by atoms with Gasteiger partial charge in [0.25, 0.3) is 0 Å². The van der Waals surface area contributed by atoms with Gasteiger partial charge in [0, 0.05) is 61.1 Å². The predicted molar refractivity (Wildman–Crippen MR) is 95.9 cm³/mol. The molecule has 4 rings (SSSR count). The number of aliphatic hydroxyl groups is 1. The third-order valence-corrected chi connectivity index (χ3v) is 5.65. The number of likely N-dealkylation sites (tertiary alicyclic amines) is 1. The van der Waals surface area contributed by atoms with Crippen LogP contribution in [0.25, 0.3) is 11.4 Å². The summed E-state index contributed by atoms with van der Waals surface area (Å²) in [5.74, 6) is 1.20. The highest BCUT2D eigenvalue weighted by Crippen LogP contribution is 2.42. The van der Waals surface area contributed by atoms with E-state index in [1.807, 2.05) is 24.5 Å². The van der Waals surface area contributed by atoms with Gasteiger partial charge in [-0.15, -0.1) is 0 Å². The lowest BCUT2D eigenvalue weighted by Crippen LogP contribution is -2.41. The van der Waals surface area contributed by atoms with Crippen molar-refractivity contribution in [2.24, 2.45) is 11.3 Å². The van der Waals surface area contributed by atoms with E-state index >= 15 is 0 Å². The number of aromatic nitrogens is 2. The summed E-state index contributed by atoms with van der Waals surface area (Å²) in [4.78, 5) is 11.5. The number of ether oxygens (including phenoxy) is 1. The lowest BCUT2D eigenvalue weighted by Gasteiger charge is -2.36. The lowest BCUT2D eigenvalue weighted by molar-refractivity contribution is -0.0417. The number of hydrogen-bond acceptors (Lipinski definition) is 5. The van der Waals surface area contributed by atoms with Crippen LogP contribution in [0.1, 0.15) is 17.5 Å². The Morgan fingerprint density at radius 2 is 2.16 bits per heavy atom. The molecule has 2 aromatic rings. The maximum absolute atomic E-state index is 9.91. The fraction of sp³-hybridized carbons (Fsp3) is 0.500. The van der Waals surface area contributed by atoms with Gasteiger partial charge >= 0.3 is 0 Å². The zero-order valence-corrected chi connectivity index (χ0v) is 14.7. The molecule has 0 radical (unpaired) electrons. The molecule has 0 aliphatic carbocycles. The molecule has 5 nitrogen and oxygen atoms in total. The van der Waals surface area contributed by atoms with Crippen LogP contribution in [0, 0.1) is 18.3 Å². The normalized spacial score (nSPS) is 26.6. The SMILES string of the molecule is Cc1cccc(-c2ncc(CN3C[C@@H]4COCC[C@]4(CO)C3)cn2)c1. The van der Waals surface area contributed by atoms with Gasteiger partial charge in [-0.3, -0.25) is 4.90 Å². The summed E-state index contributed by atoms with van der Waals surface area (Å²) in [7, 11) is 0. The topological polar surface area (TPSA) is 58.5 Å². The molecule has 2 fully saturated rings. The van der Waals surface area contributed by atoms with Gasteiger partial charge in [0.2, 0.25) is 0 Å². The average Bonchev–Trinajstić information content (AvgIpc) is 3.01. The van der Waals surface area contributed by atoms with Crippen molar-refractivity contribution in [2.75, 3.05) is 32.9 Å². The largest absolute Gasteiger partial charge is 0.396 e.